The number of hydrogen-bond acceptors (Lipinski definition) is 2. The van der Waals surface area contributed by atoms with Gasteiger partial charge in [-0.3, -0.25) is 4.79 Å². The Morgan fingerprint density at radius 3 is 2.62 bits per heavy atom. The van der Waals surface area contributed by atoms with Crippen LogP contribution in [0.5, 0.6) is 0 Å². The maximum Gasteiger partial charge on any atom is 0.264 e. The van der Waals surface area contributed by atoms with E-state index in [1.165, 1.54) is 4.88 Å². The molecule has 1 aromatic rings. The van der Waals surface area contributed by atoms with E-state index in [1.54, 1.807) is 11.3 Å². The molecule has 0 fully saturated rings. The smallest absolute Gasteiger partial charge is 0.264 e. The molecule has 0 atom stereocenters. The molecule has 90 valence electrons. The Morgan fingerprint density at radius 2 is 2.19 bits per heavy atom. The second-order valence-electron chi connectivity index (χ2n) is 3.90. The van der Waals surface area contributed by atoms with Gasteiger partial charge in [0.2, 0.25) is 0 Å². The normalized spacial score (nSPS) is 10.8. The summed E-state index contributed by atoms with van der Waals surface area (Å²) in [6, 6.07) is 4.23. The summed E-state index contributed by atoms with van der Waals surface area (Å²) in [7, 11) is 0. The van der Waals surface area contributed by atoms with Crippen molar-refractivity contribution in [3.05, 3.63) is 21.9 Å². The number of thiophene rings is 1. The summed E-state index contributed by atoms with van der Waals surface area (Å²) in [6.07, 6.45) is 0.998. The molecular weight excluding hydrogens is 286 g/mol. The van der Waals surface area contributed by atoms with Crippen LogP contribution in [0.25, 0.3) is 0 Å². The molecule has 1 amide bonds. The van der Waals surface area contributed by atoms with Crippen LogP contribution in [0.1, 0.15) is 35.3 Å². The van der Waals surface area contributed by atoms with Gasteiger partial charge in [-0.15, -0.1) is 11.3 Å². The lowest BCUT2D eigenvalue weighted by Crippen LogP contribution is -2.37. The monoisotopic (exact) mass is 303 g/mol. The minimum Gasteiger partial charge on any atom is -0.335 e. The van der Waals surface area contributed by atoms with Crippen LogP contribution < -0.4 is 0 Å². The number of nitrogens with zero attached hydrogens (tertiary/aromatic N) is 1. The summed E-state index contributed by atoms with van der Waals surface area (Å²) in [6.45, 7) is 6.97. The van der Waals surface area contributed by atoms with Gasteiger partial charge in [0.25, 0.3) is 5.91 Å². The number of alkyl halides is 1. The maximum atomic E-state index is 12.2. The van der Waals surface area contributed by atoms with E-state index < -0.39 is 0 Å². The molecule has 0 spiro atoms. The largest absolute Gasteiger partial charge is 0.335 e. The second-order valence-corrected chi connectivity index (χ2v) is 5.86. The predicted molar refractivity (Wildman–Crippen MR) is 73.7 cm³/mol. The van der Waals surface area contributed by atoms with Crippen LogP contribution in [0, 0.1) is 0 Å². The third-order valence-corrected chi connectivity index (χ3v) is 4.00. The quantitative estimate of drug-likeness (QED) is 0.762. The van der Waals surface area contributed by atoms with Crippen LogP contribution in [0.15, 0.2) is 12.1 Å². The first-order valence-corrected chi connectivity index (χ1v) is 7.49. The van der Waals surface area contributed by atoms with Crippen molar-refractivity contribution in [1.29, 1.82) is 0 Å². The third kappa shape index (κ3) is 3.32. The zero-order chi connectivity index (χ0) is 12.1. The predicted octanol–water partition coefficient (Wildman–Crippen LogP) is 3.56. The van der Waals surface area contributed by atoms with Gasteiger partial charge < -0.3 is 4.90 Å². The highest BCUT2D eigenvalue weighted by Gasteiger charge is 2.19. The van der Waals surface area contributed by atoms with E-state index in [0.717, 1.165) is 23.2 Å². The number of halogens is 1. The molecule has 1 aromatic heterocycles. The topological polar surface area (TPSA) is 20.3 Å². The molecule has 0 unspecified atom stereocenters. The van der Waals surface area contributed by atoms with Crippen LogP contribution in [-0.2, 0) is 6.42 Å². The number of carbonyl (C=O) groups is 1. The lowest BCUT2D eigenvalue weighted by atomic mass is 10.3. The standard InChI is InChI=1S/C12H18BrNOS/c1-4-10-5-6-11(16-10)12(15)14(8-7-13)9(2)3/h5-6,9H,4,7-8H2,1-3H3. The van der Waals surface area contributed by atoms with Gasteiger partial charge in [-0.25, -0.2) is 0 Å². The van der Waals surface area contributed by atoms with E-state index >= 15 is 0 Å². The van der Waals surface area contributed by atoms with Crippen molar-refractivity contribution >= 4 is 33.2 Å². The molecule has 0 aliphatic carbocycles. The third-order valence-electron chi connectivity index (χ3n) is 2.43. The molecule has 1 heterocycles. The van der Waals surface area contributed by atoms with Crippen molar-refractivity contribution in [3.63, 3.8) is 0 Å². The second kappa shape index (κ2) is 6.40. The van der Waals surface area contributed by atoms with E-state index in [1.807, 2.05) is 17.0 Å². The van der Waals surface area contributed by atoms with E-state index in [9.17, 15) is 4.79 Å². The zero-order valence-corrected chi connectivity index (χ0v) is 12.4. The van der Waals surface area contributed by atoms with Crippen molar-refractivity contribution in [3.8, 4) is 0 Å². The highest BCUT2D eigenvalue weighted by atomic mass is 79.9. The van der Waals surface area contributed by atoms with Gasteiger partial charge >= 0.3 is 0 Å². The average Bonchev–Trinajstić information content (AvgIpc) is 2.73. The van der Waals surface area contributed by atoms with E-state index in [-0.39, 0.29) is 11.9 Å². The first-order chi connectivity index (χ1) is 7.60. The summed E-state index contributed by atoms with van der Waals surface area (Å²) >= 11 is 4.99. The van der Waals surface area contributed by atoms with Crippen LogP contribution in [0.2, 0.25) is 0 Å². The van der Waals surface area contributed by atoms with Crippen molar-refractivity contribution < 1.29 is 4.79 Å². The number of carbonyl (C=O) groups excluding carboxylic acids is 1. The Balaban J connectivity index is 2.81. The summed E-state index contributed by atoms with van der Waals surface area (Å²) in [4.78, 5) is 16.2. The minimum atomic E-state index is 0.152. The molecule has 0 aliphatic heterocycles. The van der Waals surface area contributed by atoms with Crippen LogP contribution >= 0.6 is 27.3 Å². The first-order valence-electron chi connectivity index (χ1n) is 5.55. The molecule has 1 rings (SSSR count). The molecule has 0 N–H and O–H groups in total. The Hall–Kier alpha value is -0.350. The molecule has 4 heteroatoms. The Bertz CT molecular complexity index is 349. The number of aryl methyl sites for hydroxylation is 1. The fourth-order valence-electron chi connectivity index (χ4n) is 1.51. The van der Waals surface area contributed by atoms with Crippen molar-refractivity contribution in [2.45, 2.75) is 33.2 Å². The molecule has 16 heavy (non-hydrogen) atoms. The molecule has 0 aliphatic rings. The fourth-order valence-corrected chi connectivity index (χ4v) is 2.80. The molecule has 0 radical (unpaired) electrons. The van der Waals surface area contributed by atoms with Gasteiger partial charge in [0, 0.05) is 22.8 Å². The summed E-state index contributed by atoms with van der Waals surface area (Å²) in [5.41, 5.74) is 0. The Labute approximate surface area is 110 Å². The Kier molecular flexibility index (Phi) is 5.49. The van der Waals surface area contributed by atoms with Crippen LogP contribution in [0.4, 0.5) is 0 Å². The zero-order valence-electron chi connectivity index (χ0n) is 10.00. The van der Waals surface area contributed by atoms with E-state index in [2.05, 4.69) is 36.7 Å². The lowest BCUT2D eigenvalue weighted by Gasteiger charge is -2.25. The first kappa shape index (κ1) is 13.7. The van der Waals surface area contributed by atoms with Crippen LogP contribution in [-0.4, -0.2) is 28.7 Å². The fraction of sp³-hybridized carbons (Fsp3) is 0.583. The van der Waals surface area contributed by atoms with Gasteiger partial charge in [0.1, 0.15) is 0 Å². The highest BCUT2D eigenvalue weighted by Crippen LogP contribution is 2.19. The van der Waals surface area contributed by atoms with Crippen molar-refractivity contribution in [2.24, 2.45) is 0 Å². The highest BCUT2D eigenvalue weighted by molar-refractivity contribution is 9.09. The molecular formula is C12H18BrNOS. The molecule has 0 saturated carbocycles. The number of hydrogen-bond donors (Lipinski definition) is 0. The van der Waals surface area contributed by atoms with Gasteiger partial charge in [0.15, 0.2) is 0 Å². The van der Waals surface area contributed by atoms with Crippen molar-refractivity contribution in [2.75, 3.05) is 11.9 Å². The summed E-state index contributed by atoms with van der Waals surface area (Å²) < 4.78 is 0. The minimum absolute atomic E-state index is 0.152. The van der Waals surface area contributed by atoms with E-state index in [4.69, 9.17) is 0 Å². The maximum absolute atomic E-state index is 12.2. The molecule has 0 saturated heterocycles. The van der Waals surface area contributed by atoms with Gasteiger partial charge in [-0.1, -0.05) is 22.9 Å². The SMILES string of the molecule is CCc1ccc(C(=O)N(CCBr)C(C)C)s1. The van der Waals surface area contributed by atoms with Gasteiger partial charge in [-0.2, -0.15) is 0 Å². The lowest BCUT2D eigenvalue weighted by molar-refractivity contribution is 0.0724. The molecule has 0 bridgehead atoms. The Morgan fingerprint density at radius 1 is 1.50 bits per heavy atom. The van der Waals surface area contributed by atoms with Crippen LogP contribution in [0.3, 0.4) is 0 Å². The molecule has 0 aromatic carbocycles. The van der Waals surface area contributed by atoms with Gasteiger partial charge in [-0.05, 0) is 32.4 Å². The summed E-state index contributed by atoms with van der Waals surface area (Å²) in [5, 5.41) is 0.822. The van der Waals surface area contributed by atoms with Crippen molar-refractivity contribution in [1.82, 2.24) is 4.90 Å². The van der Waals surface area contributed by atoms with Gasteiger partial charge in [0.05, 0.1) is 4.88 Å². The number of rotatable bonds is 5. The number of amides is 1. The summed E-state index contributed by atoms with van der Waals surface area (Å²) in [5.74, 6) is 0.152. The average molecular weight is 304 g/mol. The van der Waals surface area contributed by atoms with E-state index in [0.29, 0.717) is 0 Å². The molecule has 2 nitrogen and oxygen atoms in total.